The molecule has 1 aliphatic carbocycles. The zero-order valence-electron chi connectivity index (χ0n) is 13.2. The van der Waals surface area contributed by atoms with Gasteiger partial charge in [0.05, 0.1) is 6.20 Å². The summed E-state index contributed by atoms with van der Waals surface area (Å²) in [6.07, 6.45) is 10.1. The molecule has 0 aromatic carbocycles. The van der Waals surface area contributed by atoms with Crippen molar-refractivity contribution >= 4 is 11.7 Å². The van der Waals surface area contributed by atoms with Crippen LogP contribution in [0.1, 0.15) is 32.1 Å². The number of fused-ring (bicyclic) bond motifs is 1. The van der Waals surface area contributed by atoms with E-state index < -0.39 is 0 Å². The Morgan fingerprint density at radius 3 is 2.91 bits per heavy atom. The molecule has 0 saturated heterocycles. The minimum atomic E-state index is -0.0925. The summed E-state index contributed by atoms with van der Waals surface area (Å²) in [6, 6.07) is 2.11. The third kappa shape index (κ3) is 3.51. The van der Waals surface area contributed by atoms with Crippen molar-refractivity contribution in [2.24, 2.45) is 11.8 Å². The Labute approximate surface area is 132 Å². The lowest BCUT2D eigenvalue weighted by atomic mass is 9.88. The number of carbonyl (C=O) groups excluding carboxylic acids is 1. The van der Waals surface area contributed by atoms with Crippen LogP contribution in [0.2, 0.25) is 0 Å². The normalized spacial score (nSPS) is 22.2. The van der Waals surface area contributed by atoms with E-state index in [4.69, 9.17) is 0 Å². The maximum absolute atomic E-state index is 11.4. The molecule has 1 saturated carbocycles. The average Bonchev–Trinajstić information content (AvgIpc) is 3.02. The maximum Gasteiger partial charge on any atom is 0.243 e. The van der Waals surface area contributed by atoms with E-state index in [0.717, 1.165) is 25.6 Å². The summed E-state index contributed by atoms with van der Waals surface area (Å²) in [5, 5.41) is 7.36. The largest absolute Gasteiger partial charge is 0.356 e. The van der Waals surface area contributed by atoms with Crippen LogP contribution in [0.25, 0.3) is 0 Å². The lowest BCUT2D eigenvalue weighted by Crippen LogP contribution is -2.45. The van der Waals surface area contributed by atoms with E-state index in [1.165, 1.54) is 44.0 Å². The summed E-state index contributed by atoms with van der Waals surface area (Å²) in [4.78, 5) is 13.9. The third-order valence-corrected chi connectivity index (χ3v) is 4.88. The molecule has 1 atom stereocenters. The molecule has 0 spiro atoms. The molecule has 1 fully saturated rings. The fraction of sp³-hybridized carbons (Fsp3) is 0.647. The van der Waals surface area contributed by atoms with Crippen LogP contribution in [-0.4, -0.2) is 35.3 Å². The molecule has 1 aromatic heterocycles. The summed E-state index contributed by atoms with van der Waals surface area (Å²) in [5.74, 6) is 2.35. The van der Waals surface area contributed by atoms with Gasteiger partial charge in [-0.3, -0.25) is 4.79 Å². The van der Waals surface area contributed by atoms with Gasteiger partial charge in [-0.15, -0.1) is 0 Å². The second kappa shape index (κ2) is 6.99. The number of nitrogens with one attached hydrogen (secondary N) is 1. The monoisotopic (exact) mass is 302 g/mol. The van der Waals surface area contributed by atoms with Crippen molar-refractivity contribution in [2.45, 2.75) is 38.6 Å². The molecule has 2 aliphatic rings. The number of amides is 1. The fourth-order valence-electron chi connectivity index (χ4n) is 3.74. The molecule has 0 unspecified atom stereocenters. The van der Waals surface area contributed by atoms with E-state index in [1.807, 2.05) is 6.20 Å². The number of aromatic nitrogens is 2. The van der Waals surface area contributed by atoms with Crippen LogP contribution in [0.3, 0.4) is 0 Å². The second-order valence-corrected chi connectivity index (χ2v) is 6.60. The molecule has 1 amide bonds. The van der Waals surface area contributed by atoms with Gasteiger partial charge in [0.15, 0.2) is 0 Å². The van der Waals surface area contributed by atoms with Gasteiger partial charge in [-0.1, -0.05) is 25.8 Å². The molecule has 3 rings (SSSR count). The Balaban J connectivity index is 1.63. The summed E-state index contributed by atoms with van der Waals surface area (Å²) < 4.78 is 2.08. The fourth-order valence-corrected chi connectivity index (χ4v) is 3.74. The van der Waals surface area contributed by atoms with E-state index in [2.05, 4.69) is 32.6 Å². The molecule has 1 aliphatic heterocycles. The van der Waals surface area contributed by atoms with Crippen molar-refractivity contribution in [1.82, 2.24) is 15.1 Å². The Bertz CT molecular complexity index is 518. The Hall–Kier alpha value is -1.78. The molecule has 5 nitrogen and oxygen atoms in total. The number of carbonyl (C=O) groups is 1. The first kappa shape index (κ1) is 15.1. The third-order valence-electron chi connectivity index (χ3n) is 4.88. The molecular weight excluding hydrogens is 276 g/mol. The molecule has 120 valence electrons. The second-order valence-electron chi connectivity index (χ2n) is 6.60. The lowest BCUT2D eigenvalue weighted by molar-refractivity contribution is -0.116. The van der Waals surface area contributed by atoms with Crippen LogP contribution in [-0.2, 0) is 11.3 Å². The molecule has 1 aromatic rings. The van der Waals surface area contributed by atoms with Gasteiger partial charge in [0.25, 0.3) is 0 Å². The number of anilines is 1. The Kier molecular flexibility index (Phi) is 4.80. The first-order chi connectivity index (χ1) is 10.8. The number of nitrogens with zero attached hydrogens (tertiary/aromatic N) is 3. The average molecular weight is 302 g/mol. The van der Waals surface area contributed by atoms with Gasteiger partial charge < -0.3 is 10.2 Å². The predicted octanol–water partition coefficient (Wildman–Crippen LogP) is 2.20. The minimum Gasteiger partial charge on any atom is -0.356 e. The molecule has 22 heavy (non-hydrogen) atoms. The lowest BCUT2D eigenvalue weighted by Gasteiger charge is -2.37. The van der Waals surface area contributed by atoms with Crippen molar-refractivity contribution in [3.63, 3.8) is 0 Å². The van der Waals surface area contributed by atoms with E-state index >= 15 is 0 Å². The van der Waals surface area contributed by atoms with Crippen LogP contribution < -0.4 is 10.2 Å². The van der Waals surface area contributed by atoms with Crippen LogP contribution in [0.15, 0.2) is 24.9 Å². The van der Waals surface area contributed by atoms with Gasteiger partial charge in [0.1, 0.15) is 5.82 Å². The summed E-state index contributed by atoms with van der Waals surface area (Å²) in [7, 11) is 0. The molecule has 0 bridgehead atoms. The van der Waals surface area contributed by atoms with Crippen molar-refractivity contribution in [1.29, 1.82) is 0 Å². The highest BCUT2D eigenvalue weighted by Gasteiger charge is 2.27. The first-order valence-electron chi connectivity index (χ1n) is 8.43. The van der Waals surface area contributed by atoms with Gasteiger partial charge in [0, 0.05) is 38.2 Å². The summed E-state index contributed by atoms with van der Waals surface area (Å²) in [6.45, 7) is 7.19. The van der Waals surface area contributed by atoms with E-state index in [1.54, 1.807) is 0 Å². The topological polar surface area (TPSA) is 50.2 Å². The zero-order valence-corrected chi connectivity index (χ0v) is 13.2. The first-order valence-corrected chi connectivity index (χ1v) is 8.43. The standard InChI is InChI=1S/C17H26N4O/c1-2-16(22)18-10-15-12-20(11-14-6-4-3-5-7-14)17-8-9-19-21(17)13-15/h2,8-9,14-15H,1,3-7,10-13H2,(H,18,22)/t15-/m1/s1. The number of hydrogen-bond acceptors (Lipinski definition) is 3. The molecule has 2 heterocycles. The predicted molar refractivity (Wildman–Crippen MR) is 87.7 cm³/mol. The molecule has 1 N–H and O–H groups in total. The number of hydrogen-bond donors (Lipinski definition) is 1. The van der Waals surface area contributed by atoms with Crippen LogP contribution in [0.4, 0.5) is 5.82 Å². The highest BCUT2D eigenvalue weighted by molar-refractivity contribution is 5.86. The smallest absolute Gasteiger partial charge is 0.243 e. The van der Waals surface area contributed by atoms with E-state index in [0.29, 0.717) is 12.5 Å². The van der Waals surface area contributed by atoms with Gasteiger partial charge in [-0.25, -0.2) is 4.68 Å². The van der Waals surface area contributed by atoms with Crippen LogP contribution >= 0.6 is 0 Å². The zero-order chi connectivity index (χ0) is 15.4. The summed E-state index contributed by atoms with van der Waals surface area (Å²) >= 11 is 0. The molecule has 5 heteroatoms. The molecule has 0 radical (unpaired) electrons. The Morgan fingerprint density at radius 2 is 2.14 bits per heavy atom. The van der Waals surface area contributed by atoms with Crippen LogP contribution in [0.5, 0.6) is 0 Å². The van der Waals surface area contributed by atoms with E-state index in [-0.39, 0.29) is 5.91 Å². The Morgan fingerprint density at radius 1 is 1.32 bits per heavy atom. The highest BCUT2D eigenvalue weighted by atomic mass is 16.1. The van der Waals surface area contributed by atoms with Gasteiger partial charge in [0.2, 0.25) is 5.91 Å². The van der Waals surface area contributed by atoms with Gasteiger partial charge in [-0.2, -0.15) is 5.10 Å². The number of rotatable bonds is 5. The molecular formula is C17H26N4O. The van der Waals surface area contributed by atoms with Crippen molar-refractivity contribution in [2.75, 3.05) is 24.5 Å². The van der Waals surface area contributed by atoms with Crippen molar-refractivity contribution < 1.29 is 4.79 Å². The van der Waals surface area contributed by atoms with Gasteiger partial charge in [-0.05, 0) is 24.8 Å². The SMILES string of the molecule is C=CC(=O)NC[C@@H]1CN(CC2CCCCC2)c2ccnn2C1. The maximum atomic E-state index is 11.4. The van der Waals surface area contributed by atoms with Gasteiger partial charge >= 0.3 is 0 Å². The summed E-state index contributed by atoms with van der Waals surface area (Å²) in [5.41, 5.74) is 0. The highest BCUT2D eigenvalue weighted by Crippen LogP contribution is 2.29. The minimum absolute atomic E-state index is 0.0925. The van der Waals surface area contributed by atoms with Crippen molar-refractivity contribution in [3.8, 4) is 0 Å². The van der Waals surface area contributed by atoms with Crippen LogP contribution in [0, 0.1) is 11.8 Å². The quantitative estimate of drug-likeness (QED) is 0.848. The van der Waals surface area contributed by atoms with E-state index in [9.17, 15) is 4.79 Å². The van der Waals surface area contributed by atoms with Crippen molar-refractivity contribution in [3.05, 3.63) is 24.9 Å².